The lowest BCUT2D eigenvalue weighted by Crippen LogP contribution is -2.49. The van der Waals surface area contributed by atoms with E-state index in [0.29, 0.717) is 18.4 Å². The zero-order valence-electron chi connectivity index (χ0n) is 13.2. The van der Waals surface area contributed by atoms with Crippen LogP contribution >= 0.6 is 0 Å². The average Bonchev–Trinajstić information content (AvgIpc) is 2.34. The molecule has 3 nitrogen and oxygen atoms in total. The summed E-state index contributed by atoms with van der Waals surface area (Å²) in [5.41, 5.74) is 6.06. The predicted octanol–water partition coefficient (Wildman–Crippen LogP) is 3.37. The average molecular weight is 269 g/mol. The molecule has 0 saturated heterocycles. The maximum absolute atomic E-state index is 12.3. The number of ether oxygens (including phenoxy) is 1. The van der Waals surface area contributed by atoms with Crippen molar-refractivity contribution in [2.24, 2.45) is 28.9 Å². The fourth-order valence-electron chi connectivity index (χ4n) is 3.17. The van der Waals surface area contributed by atoms with Crippen molar-refractivity contribution in [3.63, 3.8) is 0 Å². The van der Waals surface area contributed by atoms with Crippen LogP contribution in [0.4, 0.5) is 0 Å². The minimum atomic E-state index is -0.0667. The molecule has 3 heteroatoms. The van der Waals surface area contributed by atoms with Gasteiger partial charge in [0.05, 0.1) is 12.5 Å². The Balaban J connectivity index is 2.56. The maximum Gasteiger partial charge on any atom is 0.309 e. The first-order valence-corrected chi connectivity index (χ1v) is 7.72. The standard InChI is InChI=1S/C16H31NO2/c1-6-7-11(2)10-19-15(18)13-8-9-14(17)12(3)16(13,4)5/h11-14H,6-10,17H2,1-5H3. The molecule has 0 aromatic carbocycles. The number of hydrogen-bond donors (Lipinski definition) is 1. The van der Waals surface area contributed by atoms with Crippen LogP contribution in [0.5, 0.6) is 0 Å². The van der Waals surface area contributed by atoms with Crippen LogP contribution in [0.1, 0.15) is 60.3 Å². The summed E-state index contributed by atoms with van der Waals surface area (Å²) in [5.74, 6) is 0.787. The molecule has 0 aliphatic heterocycles. The van der Waals surface area contributed by atoms with Gasteiger partial charge in [-0.15, -0.1) is 0 Å². The Bertz CT molecular complexity index is 301. The van der Waals surface area contributed by atoms with E-state index in [1.165, 1.54) is 0 Å². The van der Waals surface area contributed by atoms with Gasteiger partial charge in [-0.1, -0.05) is 41.0 Å². The van der Waals surface area contributed by atoms with Crippen LogP contribution in [0.3, 0.4) is 0 Å². The molecule has 1 fully saturated rings. The Hall–Kier alpha value is -0.570. The third-order valence-electron chi connectivity index (χ3n) is 5.08. The molecule has 0 radical (unpaired) electrons. The van der Waals surface area contributed by atoms with Crippen LogP contribution in [0.25, 0.3) is 0 Å². The van der Waals surface area contributed by atoms with Crippen LogP contribution in [0.15, 0.2) is 0 Å². The molecule has 0 aromatic rings. The Kier molecular flexibility index (Phi) is 5.84. The molecule has 19 heavy (non-hydrogen) atoms. The molecule has 1 aliphatic rings. The van der Waals surface area contributed by atoms with Crippen molar-refractivity contribution in [1.82, 2.24) is 0 Å². The molecule has 0 heterocycles. The zero-order chi connectivity index (χ0) is 14.6. The summed E-state index contributed by atoms with van der Waals surface area (Å²) in [6.07, 6.45) is 4.04. The fraction of sp³-hybridized carbons (Fsp3) is 0.938. The molecular weight excluding hydrogens is 238 g/mol. The highest BCUT2D eigenvalue weighted by Crippen LogP contribution is 2.44. The SMILES string of the molecule is CCCC(C)COC(=O)C1CCC(N)C(C)C1(C)C. The summed E-state index contributed by atoms with van der Waals surface area (Å²) in [5, 5.41) is 0. The molecule has 2 N–H and O–H groups in total. The first kappa shape index (κ1) is 16.5. The molecule has 4 unspecified atom stereocenters. The van der Waals surface area contributed by atoms with Gasteiger partial charge in [0, 0.05) is 6.04 Å². The molecule has 0 bridgehead atoms. The van der Waals surface area contributed by atoms with E-state index in [1.54, 1.807) is 0 Å². The first-order valence-electron chi connectivity index (χ1n) is 7.72. The van der Waals surface area contributed by atoms with Gasteiger partial charge in [0.2, 0.25) is 0 Å². The second-order valence-corrected chi connectivity index (χ2v) is 6.93. The van der Waals surface area contributed by atoms with Gasteiger partial charge in [-0.3, -0.25) is 4.79 Å². The van der Waals surface area contributed by atoms with Crippen LogP contribution in [0.2, 0.25) is 0 Å². The van der Waals surface area contributed by atoms with Crippen molar-refractivity contribution in [1.29, 1.82) is 0 Å². The Morgan fingerprint density at radius 3 is 2.63 bits per heavy atom. The normalized spacial score (nSPS) is 31.8. The molecular formula is C16H31NO2. The van der Waals surface area contributed by atoms with Gasteiger partial charge in [-0.25, -0.2) is 0 Å². The monoisotopic (exact) mass is 269 g/mol. The summed E-state index contributed by atoms with van der Waals surface area (Å²) < 4.78 is 5.54. The van der Waals surface area contributed by atoms with E-state index in [2.05, 4.69) is 34.6 Å². The molecule has 0 aromatic heterocycles. The smallest absolute Gasteiger partial charge is 0.309 e. The molecule has 1 saturated carbocycles. The highest BCUT2D eigenvalue weighted by molar-refractivity contribution is 5.73. The van der Waals surface area contributed by atoms with Gasteiger partial charge in [-0.05, 0) is 36.5 Å². The van der Waals surface area contributed by atoms with Crippen LogP contribution in [0, 0.1) is 23.2 Å². The van der Waals surface area contributed by atoms with Gasteiger partial charge >= 0.3 is 5.97 Å². The second kappa shape index (κ2) is 6.74. The first-order chi connectivity index (χ1) is 8.80. The van der Waals surface area contributed by atoms with Gasteiger partial charge in [-0.2, -0.15) is 0 Å². The van der Waals surface area contributed by atoms with E-state index < -0.39 is 0 Å². The molecule has 1 aliphatic carbocycles. The minimum absolute atomic E-state index is 0.00359. The van der Waals surface area contributed by atoms with Crippen molar-refractivity contribution < 1.29 is 9.53 Å². The number of carbonyl (C=O) groups is 1. The molecule has 112 valence electrons. The van der Waals surface area contributed by atoms with Crippen molar-refractivity contribution in [2.75, 3.05) is 6.61 Å². The number of hydrogen-bond acceptors (Lipinski definition) is 3. The van der Waals surface area contributed by atoms with E-state index in [0.717, 1.165) is 25.7 Å². The van der Waals surface area contributed by atoms with Gasteiger partial charge < -0.3 is 10.5 Å². The van der Waals surface area contributed by atoms with Crippen LogP contribution < -0.4 is 5.73 Å². The maximum atomic E-state index is 12.3. The summed E-state index contributed by atoms with van der Waals surface area (Å²) in [4.78, 5) is 12.3. The quantitative estimate of drug-likeness (QED) is 0.779. The summed E-state index contributed by atoms with van der Waals surface area (Å²) in [6, 6.07) is 0.207. The topological polar surface area (TPSA) is 52.3 Å². The molecule has 4 atom stereocenters. The number of esters is 1. The molecule has 0 amide bonds. The van der Waals surface area contributed by atoms with Gasteiger partial charge in [0.25, 0.3) is 0 Å². The number of nitrogens with two attached hydrogens (primary N) is 1. The summed E-state index contributed by atoms with van der Waals surface area (Å²) in [7, 11) is 0. The minimum Gasteiger partial charge on any atom is -0.465 e. The van der Waals surface area contributed by atoms with Crippen molar-refractivity contribution in [2.45, 2.75) is 66.3 Å². The van der Waals surface area contributed by atoms with E-state index in [9.17, 15) is 4.79 Å². The summed E-state index contributed by atoms with van der Waals surface area (Å²) >= 11 is 0. The van der Waals surface area contributed by atoms with Crippen molar-refractivity contribution >= 4 is 5.97 Å². The van der Waals surface area contributed by atoms with Crippen LogP contribution in [-0.2, 0) is 9.53 Å². The Morgan fingerprint density at radius 1 is 1.42 bits per heavy atom. The second-order valence-electron chi connectivity index (χ2n) is 6.93. The van der Waals surface area contributed by atoms with Crippen molar-refractivity contribution in [3.05, 3.63) is 0 Å². The predicted molar refractivity (Wildman–Crippen MR) is 78.7 cm³/mol. The Morgan fingerprint density at radius 2 is 2.05 bits per heavy atom. The molecule has 0 spiro atoms. The third kappa shape index (κ3) is 3.95. The highest BCUT2D eigenvalue weighted by atomic mass is 16.5. The van der Waals surface area contributed by atoms with E-state index in [1.807, 2.05) is 0 Å². The van der Waals surface area contributed by atoms with E-state index in [-0.39, 0.29) is 23.3 Å². The molecule has 1 rings (SSSR count). The zero-order valence-corrected chi connectivity index (χ0v) is 13.2. The highest BCUT2D eigenvalue weighted by Gasteiger charge is 2.45. The third-order valence-corrected chi connectivity index (χ3v) is 5.08. The Labute approximate surface area is 118 Å². The number of carbonyl (C=O) groups excluding carboxylic acids is 1. The number of rotatable bonds is 5. The fourth-order valence-corrected chi connectivity index (χ4v) is 3.17. The summed E-state index contributed by atoms with van der Waals surface area (Å²) in [6.45, 7) is 11.3. The van der Waals surface area contributed by atoms with Crippen LogP contribution in [-0.4, -0.2) is 18.6 Å². The lowest BCUT2D eigenvalue weighted by Gasteiger charge is -2.45. The van der Waals surface area contributed by atoms with E-state index in [4.69, 9.17) is 10.5 Å². The lowest BCUT2D eigenvalue weighted by atomic mass is 9.61. The van der Waals surface area contributed by atoms with Crippen molar-refractivity contribution in [3.8, 4) is 0 Å². The van der Waals surface area contributed by atoms with Gasteiger partial charge in [0.1, 0.15) is 0 Å². The largest absolute Gasteiger partial charge is 0.465 e. The van der Waals surface area contributed by atoms with E-state index >= 15 is 0 Å². The van der Waals surface area contributed by atoms with Gasteiger partial charge in [0.15, 0.2) is 0 Å². The lowest BCUT2D eigenvalue weighted by molar-refractivity contribution is -0.158.